The smallest absolute Gasteiger partial charge is 0.123 e. The highest BCUT2D eigenvalue weighted by atomic mass is 19.1. The van der Waals surface area contributed by atoms with Crippen molar-refractivity contribution in [2.45, 2.75) is 38.8 Å². The maximum atomic E-state index is 12.9. The number of hydrogen-bond acceptors (Lipinski definition) is 3. The van der Waals surface area contributed by atoms with Crippen LogP contribution in [0, 0.1) is 5.82 Å². The number of piperazine rings is 1. The molecule has 4 heteroatoms. The van der Waals surface area contributed by atoms with Crippen LogP contribution in [0.5, 0.6) is 0 Å². The van der Waals surface area contributed by atoms with E-state index >= 15 is 0 Å². The van der Waals surface area contributed by atoms with Gasteiger partial charge in [-0.1, -0.05) is 19.1 Å². The van der Waals surface area contributed by atoms with E-state index in [0.29, 0.717) is 12.5 Å². The molecule has 3 nitrogen and oxygen atoms in total. The Morgan fingerprint density at radius 1 is 1.14 bits per heavy atom. The van der Waals surface area contributed by atoms with Gasteiger partial charge in [0.05, 0.1) is 6.10 Å². The number of aliphatic hydroxyl groups is 1. The predicted molar refractivity (Wildman–Crippen MR) is 83.7 cm³/mol. The van der Waals surface area contributed by atoms with Crippen LogP contribution in [0.2, 0.25) is 0 Å². The molecule has 0 radical (unpaired) electrons. The maximum absolute atomic E-state index is 12.9. The maximum Gasteiger partial charge on any atom is 0.123 e. The summed E-state index contributed by atoms with van der Waals surface area (Å²) in [6, 6.07) is 6.81. The Hall–Kier alpha value is -0.970. The minimum atomic E-state index is -0.502. The van der Waals surface area contributed by atoms with E-state index in [1.165, 1.54) is 18.6 Å². The van der Waals surface area contributed by atoms with Gasteiger partial charge < -0.3 is 10.0 Å². The lowest BCUT2D eigenvalue weighted by Crippen LogP contribution is -2.49. The number of benzene rings is 1. The molecule has 1 heterocycles. The molecule has 0 amide bonds. The molecule has 0 aliphatic carbocycles. The fourth-order valence-electron chi connectivity index (χ4n) is 2.84. The van der Waals surface area contributed by atoms with Crippen molar-refractivity contribution in [3.05, 3.63) is 35.6 Å². The van der Waals surface area contributed by atoms with Gasteiger partial charge in [-0.05, 0) is 37.5 Å². The van der Waals surface area contributed by atoms with Crippen LogP contribution in [0.3, 0.4) is 0 Å². The molecule has 21 heavy (non-hydrogen) atoms. The molecule has 2 rings (SSSR count). The summed E-state index contributed by atoms with van der Waals surface area (Å²) in [7, 11) is 0. The Balaban J connectivity index is 1.73. The van der Waals surface area contributed by atoms with Gasteiger partial charge >= 0.3 is 0 Å². The standard InChI is InChI=1S/C17H27FN2O/c1-3-14(2)20-12-10-19(11-13-20)9-8-17(21)15-4-6-16(18)7-5-15/h4-7,14,17,21H,3,8-13H2,1-2H3. The third-order valence-electron chi connectivity index (χ3n) is 4.59. The Kier molecular flexibility index (Phi) is 6.15. The second-order valence-electron chi connectivity index (χ2n) is 5.99. The van der Waals surface area contributed by atoms with E-state index in [-0.39, 0.29) is 5.82 Å². The van der Waals surface area contributed by atoms with Crippen molar-refractivity contribution in [3.8, 4) is 0 Å². The van der Waals surface area contributed by atoms with Crippen molar-refractivity contribution < 1.29 is 9.50 Å². The van der Waals surface area contributed by atoms with Crippen LogP contribution in [0.1, 0.15) is 38.4 Å². The van der Waals surface area contributed by atoms with Crippen LogP contribution in [-0.4, -0.2) is 53.7 Å². The first kappa shape index (κ1) is 16.4. The summed E-state index contributed by atoms with van der Waals surface area (Å²) in [5.74, 6) is -0.257. The van der Waals surface area contributed by atoms with Gasteiger partial charge in [-0.3, -0.25) is 4.90 Å². The third kappa shape index (κ3) is 4.77. The van der Waals surface area contributed by atoms with Gasteiger partial charge in [0.25, 0.3) is 0 Å². The number of halogens is 1. The average Bonchev–Trinajstić information content (AvgIpc) is 2.53. The summed E-state index contributed by atoms with van der Waals surface area (Å²) in [6.07, 6.45) is 1.40. The Labute approximate surface area is 127 Å². The molecule has 118 valence electrons. The first-order valence-electron chi connectivity index (χ1n) is 8.00. The zero-order chi connectivity index (χ0) is 15.2. The largest absolute Gasteiger partial charge is 0.388 e. The number of nitrogens with zero attached hydrogens (tertiary/aromatic N) is 2. The normalized spacial score (nSPS) is 20.4. The molecule has 1 aliphatic heterocycles. The van der Waals surface area contributed by atoms with Gasteiger partial charge in [-0.2, -0.15) is 0 Å². The van der Waals surface area contributed by atoms with Gasteiger partial charge in [0, 0.05) is 38.8 Å². The molecule has 2 atom stereocenters. The zero-order valence-corrected chi connectivity index (χ0v) is 13.1. The molecular formula is C17H27FN2O. The first-order valence-corrected chi connectivity index (χ1v) is 8.00. The summed E-state index contributed by atoms with van der Waals surface area (Å²) in [4.78, 5) is 4.94. The summed E-state index contributed by atoms with van der Waals surface area (Å²) in [6.45, 7) is 9.78. The molecule has 0 bridgehead atoms. The summed E-state index contributed by atoms with van der Waals surface area (Å²) < 4.78 is 12.9. The molecule has 1 fully saturated rings. The highest BCUT2D eigenvalue weighted by Crippen LogP contribution is 2.18. The minimum absolute atomic E-state index is 0.257. The van der Waals surface area contributed by atoms with Crippen LogP contribution in [0.4, 0.5) is 4.39 Å². The van der Waals surface area contributed by atoms with Gasteiger partial charge in [0.15, 0.2) is 0 Å². The van der Waals surface area contributed by atoms with Crippen LogP contribution >= 0.6 is 0 Å². The van der Waals surface area contributed by atoms with Crippen molar-refractivity contribution in [2.24, 2.45) is 0 Å². The molecule has 1 aliphatic rings. The van der Waals surface area contributed by atoms with Gasteiger partial charge in [-0.25, -0.2) is 4.39 Å². The Morgan fingerprint density at radius 3 is 2.33 bits per heavy atom. The third-order valence-corrected chi connectivity index (χ3v) is 4.59. The second kappa shape index (κ2) is 7.87. The monoisotopic (exact) mass is 294 g/mol. The van der Waals surface area contributed by atoms with E-state index < -0.39 is 6.10 Å². The number of aliphatic hydroxyl groups excluding tert-OH is 1. The van der Waals surface area contributed by atoms with E-state index in [9.17, 15) is 9.50 Å². The van der Waals surface area contributed by atoms with E-state index in [2.05, 4.69) is 23.6 Å². The molecule has 1 saturated heterocycles. The molecule has 1 aromatic rings. The second-order valence-corrected chi connectivity index (χ2v) is 5.99. The first-order chi connectivity index (χ1) is 10.1. The van der Waals surface area contributed by atoms with Gasteiger partial charge in [0.2, 0.25) is 0 Å². The average molecular weight is 294 g/mol. The highest BCUT2D eigenvalue weighted by Gasteiger charge is 2.20. The molecule has 0 spiro atoms. The molecular weight excluding hydrogens is 267 g/mol. The van der Waals surface area contributed by atoms with Crippen LogP contribution < -0.4 is 0 Å². The van der Waals surface area contributed by atoms with Crippen LogP contribution in [0.25, 0.3) is 0 Å². The quantitative estimate of drug-likeness (QED) is 0.874. The Bertz CT molecular complexity index is 415. The molecule has 1 N–H and O–H groups in total. The van der Waals surface area contributed by atoms with E-state index in [1.807, 2.05) is 0 Å². The summed E-state index contributed by atoms with van der Waals surface area (Å²) in [5, 5.41) is 10.2. The van der Waals surface area contributed by atoms with Crippen molar-refractivity contribution in [1.82, 2.24) is 9.80 Å². The van der Waals surface area contributed by atoms with Crippen molar-refractivity contribution in [3.63, 3.8) is 0 Å². The molecule has 0 aromatic heterocycles. The Morgan fingerprint density at radius 2 is 1.76 bits per heavy atom. The summed E-state index contributed by atoms with van der Waals surface area (Å²) in [5.41, 5.74) is 0.801. The lowest BCUT2D eigenvalue weighted by molar-refractivity contribution is 0.0830. The molecule has 1 aromatic carbocycles. The number of rotatable bonds is 6. The zero-order valence-electron chi connectivity index (χ0n) is 13.1. The van der Waals surface area contributed by atoms with Gasteiger partial charge in [0.1, 0.15) is 5.82 Å². The van der Waals surface area contributed by atoms with E-state index in [0.717, 1.165) is 38.3 Å². The fraction of sp³-hybridized carbons (Fsp3) is 0.647. The SMILES string of the molecule is CCC(C)N1CCN(CCC(O)c2ccc(F)cc2)CC1. The van der Waals surface area contributed by atoms with Crippen molar-refractivity contribution >= 4 is 0 Å². The predicted octanol–water partition coefficient (Wildman–Crippen LogP) is 2.67. The number of hydrogen-bond donors (Lipinski definition) is 1. The van der Waals surface area contributed by atoms with E-state index in [4.69, 9.17) is 0 Å². The van der Waals surface area contributed by atoms with E-state index in [1.54, 1.807) is 12.1 Å². The van der Waals surface area contributed by atoms with Crippen LogP contribution in [0.15, 0.2) is 24.3 Å². The lowest BCUT2D eigenvalue weighted by atomic mass is 10.1. The fourth-order valence-corrected chi connectivity index (χ4v) is 2.84. The van der Waals surface area contributed by atoms with Crippen molar-refractivity contribution in [2.75, 3.05) is 32.7 Å². The van der Waals surface area contributed by atoms with Gasteiger partial charge in [-0.15, -0.1) is 0 Å². The molecule has 0 saturated carbocycles. The topological polar surface area (TPSA) is 26.7 Å². The lowest BCUT2D eigenvalue weighted by Gasteiger charge is -2.38. The highest BCUT2D eigenvalue weighted by molar-refractivity contribution is 5.18. The van der Waals surface area contributed by atoms with Crippen molar-refractivity contribution in [1.29, 1.82) is 0 Å². The minimum Gasteiger partial charge on any atom is -0.388 e. The molecule has 2 unspecified atom stereocenters. The van der Waals surface area contributed by atoms with Crippen LogP contribution in [-0.2, 0) is 0 Å². The summed E-state index contributed by atoms with van der Waals surface area (Å²) >= 11 is 0.